The summed E-state index contributed by atoms with van der Waals surface area (Å²) in [6, 6.07) is 4.56. The Kier molecular flexibility index (Phi) is 5.46. The van der Waals surface area contributed by atoms with E-state index in [4.69, 9.17) is 0 Å². The van der Waals surface area contributed by atoms with Gasteiger partial charge in [0.1, 0.15) is 5.78 Å². The molecule has 0 bridgehead atoms. The maximum absolute atomic E-state index is 11.3. The molecule has 1 unspecified atom stereocenters. The van der Waals surface area contributed by atoms with Crippen LogP contribution in [0.25, 0.3) is 0 Å². The lowest BCUT2D eigenvalue weighted by Crippen LogP contribution is -2.26. The van der Waals surface area contributed by atoms with Crippen LogP contribution in [0.3, 0.4) is 0 Å². The molecule has 1 aliphatic heterocycles. The molecule has 0 radical (unpaired) electrons. The summed E-state index contributed by atoms with van der Waals surface area (Å²) in [5, 5.41) is 2.10. The van der Waals surface area contributed by atoms with E-state index in [9.17, 15) is 4.79 Å². The molecule has 2 heterocycles. The minimum atomic E-state index is 0. The van der Waals surface area contributed by atoms with Gasteiger partial charge in [-0.2, -0.15) is 0 Å². The van der Waals surface area contributed by atoms with Gasteiger partial charge in [0, 0.05) is 11.3 Å². The van der Waals surface area contributed by atoms with Gasteiger partial charge in [0.25, 0.3) is 0 Å². The number of Topliss-reactive ketones (excluding diaryl/α,β-unsaturated/α-hetero) is 1. The largest absolute Gasteiger partial charge is 0.300 e. The molecule has 0 aliphatic carbocycles. The zero-order valence-electron chi connectivity index (χ0n) is 9.52. The standard InChI is InChI=1S/C12H17NOS.ClH/c1-10(14)9-11(12-5-4-8-15-12)13-6-2-3-7-13;/h4-5,8,11H,2-3,6-7,9H2,1H3;1H. The normalized spacial score (nSPS) is 18.1. The monoisotopic (exact) mass is 259 g/mol. The van der Waals surface area contributed by atoms with Crippen LogP contribution in [0.5, 0.6) is 0 Å². The lowest BCUT2D eigenvalue weighted by molar-refractivity contribution is -0.118. The third-order valence-electron chi connectivity index (χ3n) is 2.93. The number of hydrogen-bond donors (Lipinski definition) is 0. The van der Waals surface area contributed by atoms with E-state index in [0.29, 0.717) is 18.2 Å². The predicted molar refractivity (Wildman–Crippen MR) is 70.4 cm³/mol. The molecule has 1 aromatic heterocycles. The van der Waals surface area contributed by atoms with E-state index >= 15 is 0 Å². The molecule has 0 saturated carbocycles. The van der Waals surface area contributed by atoms with Crippen LogP contribution in [0.4, 0.5) is 0 Å². The van der Waals surface area contributed by atoms with Crippen molar-refractivity contribution in [3.63, 3.8) is 0 Å². The minimum Gasteiger partial charge on any atom is -0.300 e. The van der Waals surface area contributed by atoms with Gasteiger partial charge in [-0.05, 0) is 44.3 Å². The Morgan fingerprint density at radius 2 is 2.19 bits per heavy atom. The van der Waals surface area contributed by atoms with Gasteiger partial charge >= 0.3 is 0 Å². The van der Waals surface area contributed by atoms with E-state index in [2.05, 4.69) is 22.4 Å². The fourth-order valence-corrected chi connectivity index (χ4v) is 3.08. The first-order chi connectivity index (χ1) is 7.27. The van der Waals surface area contributed by atoms with Crippen LogP contribution in [0, 0.1) is 0 Å². The molecule has 1 saturated heterocycles. The number of rotatable bonds is 4. The van der Waals surface area contributed by atoms with Crippen LogP contribution in [0.2, 0.25) is 0 Å². The van der Waals surface area contributed by atoms with Crippen molar-refractivity contribution in [1.82, 2.24) is 4.90 Å². The highest BCUT2D eigenvalue weighted by Gasteiger charge is 2.24. The Bertz CT molecular complexity index is 320. The summed E-state index contributed by atoms with van der Waals surface area (Å²) < 4.78 is 0. The number of hydrogen-bond acceptors (Lipinski definition) is 3. The molecular formula is C12H18ClNOS. The molecule has 4 heteroatoms. The fourth-order valence-electron chi connectivity index (χ4n) is 2.22. The Morgan fingerprint density at radius 3 is 2.69 bits per heavy atom. The number of ketones is 1. The SMILES string of the molecule is CC(=O)CC(c1cccs1)N1CCCC1.Cl. The van der Waals surface area contributed by atoms with E-state index < -0.39 is 0 Å². The molecule has 1 aromatic rings. The lowest BCUT2D eigenvalue weighted by Gasteiger charge is -2.25. The maximum atomic E-state index is 11.3. The average Bonchev–Trinajstić information content (AvgIpc) is 2.87. The van der Waals surface area contributed by atoms with Gasteiger partial charge in [0.15, 0.2) is 0 Å². The molecule has 1 atom stereocenters. The van der Waals surface area contributed by atoms with Crippen LogP contribution < -0.4 is 0 Å². The first-order valence-corrected chi connectivity index (χ1v) is 6.42. The van der Waals surface area contributed by atoms with E-state index in [1.807, 2.05) is 0 Å². The van der Waals surface area contributed by atoms with Gasteiger partial charge in [-0.15, -0.1) is 23.7 Å². The Labute approximate surface area is 107 Å². The van der Waals surface area contributed by atoms with Crippen molar-refractivity contribution >= 4 is 29.5 Å². The summed E-state index contributed by atoms with van der Waals surface area (Å²) in [5.41, 5.74) is 0. The highest BCUT2D eigenvalue weighted by Crippen LogP contribution is 2.30. The summed E-state index contributed by atoms with van der Waals surface area (Å²) in [7, 11) is 0. The van der Waals surface area contributed by atoms with E-state index in [1.54, 1.807) is 18.3 Å². The fraction of sp³-hybridized carbons (Fsp3) is 0.583. The van der Waals surface area contributed by atoms with Crippen molar-refractivity contribution in [3.8, 4) is 0 Å². The quantitative estimate of drug-likeness (QED) is 0.827. The number of carbonyl (C=O) groups excluding carboxylic acids is 1. The molecule has 0 N–H and O–H groups in total. The van der Waals surface area contributed by atoms with E-state index in [-0.39, 0.29) is 12.4 Å². The van der Waals surface area contributed by atoms with Crippen LogP contribution in [-0.4, -0.2) is 23.8 Å². The smallest absolute Gasteiger partial charge is 0.131 e. The molecule has 1 aliphatic rings. The van der Waals surface area contributed by atoms with E-state index in [1.165, 1.54) is 17.7 Å². The molecule has 1 fully saturated rings. The minimum absolute atomic E-state index is 0. The summed E-state index contributed by atoms with van der Waals surface area (Å²) in [4.78, 5) is 15.1. The van der Waals surface area contributed by atoms with Crippen molar-refractivity contribution in [1.29, 1.82) is 0 Å². The first-order valence-electron chi connectivity index (χ1n) is 5.54. The molecule has 16 heavy (non-hydrogen) atoms. The van der Waals surface area contributed by atoms with Crippen LogP contribution in [0.1, 0.15) is 37.1 Å². The zero-order chi connectivity index (χ0) is 10.7. The third kappa shape index (κ3) is 3.30. The maximum Gasteiger partial charge on any atom is 0.131 e. The van der Waals surface area contributed by atoms with Gasteiger partial charge in [-0.3, -0.25) is 9.69 Å². The van der Waals surface area contributed by atoms with Crippen molar-refractivity contribution in [2.75, 3.05) is 13.1 Å². The summed E-state index contributed by atoms with van der Waals surface area (Å²) in [5.74, 6) is 0.292. The zero-order valence-corrected chi connectivity index (χ0v) is 11.1. The van der Waals surface area contributed by atoms with Gasteiger partial charge in [-0.1, -0.05) is 6.07 Å². The van der Waals surface area contributed by atoms with Crippen molar-refractivity contribution in [2.24, 2.45) is 0 Å². The van der Waals surface area contributed by atoms with Crippen molar-refractivity contribution in [3.05, 3.63) is 22.4 Å². The Balaban J connectivity index is 0.00000128. The van der Waals surface area contributed by atoms with Crippen LogP contribution in [-0.2, 0) is 4.79 Å². The average molecular weight is 260 g/mol. The van der Waals surface area contributed by atoms with Crippen molar-refractivity contribution in [2.45, 2.75) is 32.2 Å². The summed E-state index contributed by atoms with van der Waals surface area (Å²) >= 11 is 1.77. The highest BCUT2D eigenvalue weighted by atomic mass is 35.5. The number of thiophene rings is 1. The van der Waals surface area contributed by atoms with Crippen LogP contribution >= 0.6 is 23.7 Å². The Hall–Kier alpha value is -0.380. The molecule has 0 spiro atoms. The van der Waals surface area contributed by atoms with Gasteiger partial charge in [-0.25, -0.2) is 0 Å². The lowest BCUT2D eigenvalue weighted by atomic mass is 10.1. The highest BCUT2D eigenvalue weighted by molar-refractivity contribution is 7.10. The topological polar surface area (TPSA) is 20.3 Å². The summed E-state index contributed by atoms with van der Waals surface area (Å²) in [6.45, 7) is 3.99. The van der Waals surface area contributed by atoms with Crippen molar-refractivity contribution < 1.29 is 4.79 Å². The number of halogens is 1. The number of carbonyl (C=O) groups is 1. The molecular weight excluding hydrogens is 242 g/mol. The van der Waals surface area contributed by atoms with Gasteiger partial charge in [0.2, 0.25) is 0 Å². The molecule has 2 nitrogen and oxygen atoms in total. The van der Waals surface area contributed by atoms with Gasteiger partial charge in [0.05, 0.1) is 6.04 Å². The Morgan fingerprint density at radius 1 is 1.50 bits per heavy atom. The molecule has 0 aromatic carbocycles. The number of nitrogens with zero attached hydrogens (tertiary/aromatic N) is 1. The van der Waals surface area contributed by atoms with E-state index in [0.717, 1.165) is 13.1 Å². The molecule has 0 amide bonds. The molecule has 2 rings (SSSR count). The van der Waals surface area contributed by atoms with Crippen LogP contribution in [0.15, 0.2) is 17.5 Å². The number of likely N-dealkylation sites (tertiary alicyclic amines) is 1. The van der Waals surface area contributed by atoms with Gasteiger partial charge < -0.3 is 0 Å². The predicted octanol–water partition coefficient (Wildman–Crippen LogP) is 3.29. The third-order valence-corrected chi connectivity index (χ3v) is 3.91. The first kappa shape index (κ1) is 13.7. The summed E-state index contributed by atoms with van der Waals surface area (Å²) in [6.07, 6.45) is 3.22. The second kappa shape index (κ2) is 6.38. The molecule has 90 valence electrons. The second-order valence-electron chi connectivity index (χ2n) is 4.18. The second-order valence-corrected chi connectivity index (χ2v) is 5.16.